The predicted molar refractivity (Wildman–Crippen MR) is 122 cm³/mol. The molecule has 0 aliphatic heterocycles. The average Bonchev–Trinajstić information content (AvgIpc) is 2.84. The monoisotopic (exact) mass is 463 g/mol. The highest BCUT2D eigenvalue weighted by Crippen LogP contribution is 2.19. The molecule has 3 N–H and O–H groups in total. The van der Waals surface area contributed by atoms with Crippen LogP contribution < -0.4 is 15.9 Å². The number of carbonyl (C=O) groups is 2. The number of nitrogens with one attached hydrogen (secondary N) is 1. The summed E-state index contributed by atoms with van der Waals surface area (Å²) < 4.78 is 5.40. The van der Waals surface area contributed by atoms with Gasteiger partial charge in [0, 0.05) is 41.1 Å². The Morgan fingerprint density at radius 3 is 2.09 bits per heavy atom. The molecule has 0 saturated carbocycles. The molecular formula is C22H17N5O7. The SMILES string of the molecule is N/N=C(/C(=O)c1ccc([N+](=O)[O-])cc1)c1ccc(OCC(=O)Nc2cccc([N+](=O)[O-])c2)cc1. The largest absolute Gasteiger partial charge is 0.484 e. The van der Waals surface area contributed by atoms with Crippen molar-refractivity contribution < 1.29 is 24.2 Å². The molecule has 0 unspecified atom stereocenters. The van der Waals surface area contributed by atoms with Gasteiger partial charge in [0.2, 0.25) is 5.78 Å². The number of anilines is 1. The number of benzene rings is 3. The molecule has 12 nitrogen and oxygen atoms in total. The van der Waals surface area contributed by atoms with Gasteiger partial charge >= 0.3 is 0 Å². The number of nitrogens with two attached hydrogens (primary N) is 1. The van der Waals surface area contributed by atoms with Crippen LogP contribution in [0.1, 0.15) is 15.9 Å². The summed E-state index contributed by atoms with van der Waals surface area (Å²) >= 11 is 0. The molecule has 3 aromatic rings. The van der Waals surface area contributed by atoms with Gasteiger partial charge in [0.15, 0.2) is 6.61 Å². The lowest BCUT2D eigenvalue weighted by atomic mass is 10.0. The molecule has 34 heavy (non-hydrogen) atoms. The van der Waals surface area contributed by atoms with Crippen molar-refractivity contribution in [2.75, 3.05) is 11.9 Å². The number of ether oxygens (including phenoxy) is 1. The van der Waals surface area contributed by atoms with Gasteiger partial charge in [-0.2, -0.15) is 5.10 Å². The molecule has 0 radical (unpaired) electrons. The molecule has 0 saturated heterocycles. The van der Waals surface area contributed by atoms with Crippen molar-refractivity contribution in [3.8, 4) is 5.75 Å². The first-order chi connectivity index (χ1) is 16.3. The lowest BCUT2D eigenvalue weighted by molar-refractivity contribution is -0.385. The number of ketones is 1. The van der Waals surface area contributed by atoms with Crippen LogP contribution in [0.5, 0.6) is 5.75 Å². The van der Waals surface area contributed by atoms with Crippen molar-refractivity contribution in [2.24, 2.45) is 10.9 Å². The van der Waals surface area contributed by atoms with Gasteiger partial charge in [0.1, 0.15) is 11.5 Å². The van der Waals surface area contributed by atoms with Crippen LogP contribution in [0.15, 0.2) is 77.9 Å². The second-order valence-electron chi connectivity index (χ2n) is 6.78. The zero-order valence-electron chi connectivity index (χ0n) is 17.4. The molecule has 0 aliphatic rings. The Morgan fingerprint density at radius 2 is 1.50 bits per heavy atom. The van der Waals surface area contributed by atoms with E-state index in [9.17, 15) is 29.8 Å². The van der Waals surface area contributed by atoms with Crippen LogP contribution in [0.25, 0.3) is 0 Å². The first-order valence-corrected chi connectivity index (χ1v) is 9.63. The smallest absolute Gasteiger partial charge is 0.271 e. The van der Waals surface area contributed by atoms with E-state index < -0.39 is 21.5 Å². The molecule has 0 spiro atoms. The Bertz CT molecular complexity index is 1270. The fourth-order valence-corrected chi connectivity index (χ4v) is 2.89. The number of nitro groups is 2. The average molecular weight is 463 g/mol. The van der Waals surface area contributed by atoms with E-state index >= 15 is 0 Å². The molecular weight excluding hydrogens is 446 g/mol. The molecule has 0 aliphatic carbocycles. The van der Waals surface area contributed by atoms with Gasteiger partial charge in [-0.3, -0.25) is 29.8 Å². The molecule has 172 valence electrons. The first kappa shape index (κ1) is 23.5. The normalized spacial score (nSPS) is 10.9. The Kier molecular flexibility index (Phi) is 7.24. The lowest BCUT2D eigenvalue weighted by Gasteiger charge is -2.09. The number of hydrogen-bond acceptors (Lipinski definition) is 9. The van der Waals surface area contributed by atoms with Gasteiger partial charge < -0.3 is 15.9 Å². The number of nitro benzene ring substituents is 2. The maximum atomic E-state index is 12.7. The number of hydrogen-bond donors (Lipinski definition) is 2. The Hall–Kier alpha value is -5.13. The number of Topliss-reactive ketones (excluding diaryl/α,β-unsaturated/α-hetero) is 1. The third-order valence-electron chi connectivity index (χ3n) is 4.52. The third-order valence-corrected chi connectivity index (χ3v) is 4.52. The number of nitrogens with zero attached hydrogens (tertiary/aromatic N) is 3. The van der Waals surface area contributed by atoms with Crippen LogP contribution in [-0.2, 0) is 4.79 Å². The highest BCUT2D eigenvalue weighted by molar-refractivity contribution is 6.51. The van der Waals surface area contributed by atoms with Gasteiger partial charge in [0.05, 0.1) is 9.85 Å². The number of amides is 1. The molecule has 0 heterocycles. The molecule has 12 heteroatoms. The van der Waals surface area contributed by atoms with Crippen LogP contribution in [0, 0.1) is 20.2 Å². The topological polar surface area (TPSA) is 180 Å². The second-order valence-corrected chi connectivity index (χ2v) is 6.78. The minimum Gasteiger partial charge on any atom is -0.484 e. The number of hydrazone groups is 1. The quantitative estimate of drug-likeness (QED) is 0.160. The second kappa shape index (κ2) is 10.5. The number of carbonyl (C=O) groups excluding carboxylic acids is 2. The Labute approximate surface area is 192 Å². The van der Waals surface area contributed by atoms with E-state index in [-0.39, 0.29) is 34.9 Å². The maximum absolute atomic E-state index is 12.7. The Morgan fingerprint density at radius 1 is 0.882 bits per heavy atom. The van der Waals surface area contributed by atoms with Crippen LogP contribution >= 0.6 is 0 Å². The first-order valence-electron chi connectivity index (χ1n) is 9.63. The van der Waals surface area contributed by atoms with Crippen molar-refractivity contribution >= 4 is 34.5 Å². The summed E-state index contributed by atoms with van der Waals surface area (Å²) in [5, 5.41) is 27.6. The van der Waals surface area contributed by atoms with E-state index in [2.05, 4.69) is 10.4 Å². The van der Waals surface area contributed by atoms with Gasteiger partial charge in [-0.15, -0.1) is 0 Å². The fraction of sp³-hybridized carbons (Fsp3) is 0.0455. The summed E-state index contributed by atoms with van der Waals surface area (Å²) in [6, 6.07) is 16.6. The van der Waals surface area contributed by atoms with Gasteiger partial charge in [-0.1, -0.05) is 6.07 Å². The zero-order chi connectivity index (χ0) is 24.7. The van der Waals surface area contributed by atoms with Crippen LogP contribution in [0.3, 0.4) is 0 Å². The van der Waals surface area contributed by atoms with Crippen molar-refractivity contribution in [1.82, 2.24) is 0 Å². The van der Waals surface area contributed by atoms with Crippen molar-refractivity contribution in [3.05, 3.63) is 104 Å². The van der Waals surface area contributed by atoms with Gasteiger partial charge in [0.25, 0.3) is 17.3 Å². The van der Waals surface area contributed by atoms with E-state index in [0.717, 1.165) is 0 Å². The van der Waals surface area contributed by atoms with E-state index in [1.165, 1.54) is 72.8 Å². The standard InChI is InChI=1S/C22H17N5O7/c23-25-21(22(29)15-4-8-17(9-5-15)26(30)31)14-6-10-19(11-7-14)34-13-20(28)24-16-2-1-3-18(12-16)27(32)33/h1-12H,13,23H2,(H,24,28)/b25-21+. The number of rotatable bonds is 9. The molecule has 3 aromatic carbocycles. The lowest BCUT2D eigenvalue weighted by Crippen LogP contribution is -2.20. The van der Waals surface area contributed by atoms with E-state index in [1.807, 2.05) is 0 Å². The van der Waals surface area contributed by atoms with Crippen molar-refractivity contribution in [1.29, 1.82) is 0 Å². The van der Waals surface area contributed by atoms with Crippen LogP contribution in [-0.4, -0.2) is 33.9 Å². The highest BCUT2D eigenvalue weighted by Gasteiger charge is 2.18. The minimum atomic E-state index is -0.575. The third kappa shape index (κ3) is 5.76. The summed E-state index contributed by atoms with van der Waals surface area (Å²) in [4.78, 5) is 45.2. The van der Waals surface area contributed by atoms with E-state index in [0.29, 0.717) is 11.3 Å². The maximum Gasteiger partial charge on any atom is 0.271 e. The summed E-state index contributed by atoms with van der Waals surface area (Å²) in [5.41, 5.74) is 0.427. The minimum absolute atomic E-state index is 0.0659. The fourth-order valence-electron chi connectivity index (χ4n) is 2.89. The molecule has 1 amide bonds. The van der Waals surface area contributed by atoms with Crippen molar-refractivity contribution in [3.63, 3.8) is 0 Å². The molecule has 0 atom stereocenters. The Balaban J connectivity index is 1.61. The number of non-ortho nitro benzene ring substituents is 2. The molecule has 0 fully saturated rings. The van der Waals surface area contributed by atoms with Crippen molar-refractivity contribution in [2.45, 2.75) is 0 Å². The molecule has 3 rings (SSSR count). The zero-order valence-corrected chi connectivity index (χ0v) is 17.4. The predicted octanol–water partition coefficient (Wildman–Crippen LogP) is 3.07. The van der Waals surface area contributed by atoms with E-state index in [4.69, 9.17) is 10.6 Å². The van der Waals surface area contributed by atoms with Gasteiger partial charge in [-0.25, -0.2) is 0 Å². The molecule has 0 bridgehead atoms. The summed E-state index contributed by atoms with van der Waals surface area (Å²) in [5.74, 6) is 4.66. The van der Waals surface area contributed by atoms with Gasteiger partial charge in [-0.05, 0) is 42.5 Å². The summed E-state index contributed by atoms with van der Waals surface area (Å²) in [6.45, 7) is -0.360. The van der Waals surface area contributed by atoms with Crippen LogP contribution in [0.2, 0.25) is 0 Å². The molecule has 0 aromatic heterocycles. The van der Waals surface area contributed by atoms with E-state index in [1.54, 1.807) is 0 Å². The summed E-state index contributed by atoms with van der Waals surface area (Å²) in [7, 11) is 0. The summed E-state index contributed by atoms with van der Waals surface area (Å²) in [6.07, 6.45) is 0. The highest BCUT2D eigenvalue weighted by atomic mass is 16.6. The van der Waals surface area contributed by atoms with Crippen LogP contribution in [0.4, 0.5) is 17.1 Å².